The fourth-order valence-electron chi connectivity index (χ4n) is 1.45. The van der Waals surface area contributed by atoms with E-state index in [1.54, 1.807) is 0 Å². The Morgan fingerprint density at radius 2 is 2.27 bits per heavy atom. The van der Waals surface area contributed by atoms with Crippen LogP contribution in [0, 0.1) is 5.92 Å². The van der Waals surface area contributed by atoms with Crippen LogP contribution in [-0.4, -0.2) is 27.1 Å². The zero-order valence-corrected chi connectivity index (χ0v) is 8.38. The van der Waals surface area contributed by atoms with Gasteiger partial charge in [-0.25, -0.2) is 14.8 Å². The maximum Gasteiger partial charge on any atom is 0.356 e. The zero-order chi connectivity index (χ0) is 10.8. The molecule has 2 rings (SSSR count). The number of ether oxygens (including phenoxy) is 1. The van der Waals surface area contributed by atoms with Gasteiger partial charge in [-0.1, -0.05) is 6.92 Å². The normalized spacial score (nSPS) is 24.3. The van der Waals surface area contributed by atoms with Gasteiger partial charge in [0.2, 0.25) is 5.88 Å². The second-order valence-corrected chi connectivity index (χ2v) is 3.76. The number of aromatic nitrogens is 2. The van der Waals surface area contributed by atoms with E-state index in [0.717, 1.165) is 6.42 Å². The van der Waals surface area contributed by atoms with Crippen molar-refractivity contribution in [3.05, 3.63) is 18.1 Å². The number of aromatic carboxylic acids is 1. The smallest absolute Gasteiger partial charge is 0.356 e. The van der Waals surface area contributed by atoms with Gasteiger partial charge in [0, 0.05) is 0 Å². The van der Waals surface area contributed by atoms with Gasteiger partial charge in [-0.2, -0.15) is 0 Å². The van der Waals surface area contributed by atoms with Gasteiger partial charge in [0.15, 0.2) is 5.69 Å². The van der Waals surface area contributed by atoms with Crippen LogP contribution in [0.15, 0.2) is 12.4 Å². The molecule has 15 heavy (non-hydrogen) atoms. The van der Waals surface area contributed by atoms with Crippen molar-refractivity contribution in [1.82, 2.24) is 9.97 Å². The lowest BCUT2D eigenvalue weighted by molar-refractivity contribution is 0.0529. The van der Waals surface area contributed by atoms with Crippen LogP contribution in [0.3, 0.4) is 0 Å². The van der Waals surface area contributed by atoms with Gasteiger partial charge in [-0.15, -0.1) is 0 Å². The molecule has 80 valence electrons. The van der Waals surface area contributed by atoms with Crippen LogP contribution >= 0.6 is 0 Å². The first-order valence-electron chi connectivity index (χ1n) is 4.89. The highest BCUT2D eigenvalue weighted by Crippen LogP contribution is 2.29. The number of carbonyl (C=O) groups is 1. The summed E-state index contributed by atoms with van der Waals surface area (Å²) in [4.78, 5) is 18.1. The van der Waals surface area contributed by atoms with Crippen molar-refractivity contribution in [3.8, 4) is 5.88 Å². The fraction of sp³-hybridized carbons (Fsp3) is 0.500. The standard InChI is InChI=1S/C10H12N2O3/c1-6-2-3-8(6)15-9-5-11-7(4-12-9)10(13)14/h4-6,8H,2-3H2,1H3,(H,13,14). The molecule has 2 atom stereocenters. The van der Waals surface area contributed by atoms with Gasteiger partial charge in [-0.3, -0.25) is 0 Å². The number of carboxylic acids is 1. The van der Waals surface area contributed by atoms with Crippen LogP contribution in [0.25, 0.3) is 0 Å². The summed E-state index contributed by atoms with van der Waals surface area (Å²) < 4.78 is 5.53. The Hall–Kier alpha value is -1.65. The predicted molar refractivity (Wildman–Crippen MR) is 51.8 cm³/mol. The zero-order valence-electron chi connectivity index (χ0n) is 8.38. The molecule has 2 unspecified atom stereocenters. The largest absolute Gasteiger partial charge is 0.476 e. The Balaban J connectivity index is 2.01. The maximum absolute atomic E-state index is 10.5. The molecule has 1 saturated carbocycles. The molecule has 0 saturated heterocycles. The van der Waals surface area contributed by atoms with Crippen LogP contribution < -0.4 is 4.74 Å². The van der Waals surface area contributed by atoms with Crippen LogP contribution in [-0.2, 0) is 0 Å². The quantitative estimate of drug-likeness (QED) is 0.811. The highest BCUT2D eigenvalue weighted by molar-refractivity contribution is 5.84. The van der Waals surface area contributed by atoms with E-state index in [9.17, 15) is 4.79 Å². The maximum atomic E-state index is 10.5. The van der Waals surface area contributed by atoms with E-state index in [4.69, 9.17) is 9.84 Å². The molecule has 1 fully saturated rings. The van der Waals surface area contributed by atoms with Crippen LogP contribution in [0.5, 0.6) is 5.88 Å². The summed E-state index contributed by atoms with van der Waals surface area (Å²) in [5.41, 5.74) is -0.0657. The monoisotopic (exact) mass is 208 g/mol. The van der Waals surface area contributed by atoms with Crippen molar-refractivity contribution < 1.29 is 14.6 Å². The molecule has 5 heteroatoms. The molecule has 1 N–H and O–H groups in total. The van der Waals surface area contributed by atoms with Gasteiger partial charge in [0.1, 0.15) is 6.10 Å². The van der Waals surface area contributed by atoms with Crippen molar-refractivity contribution in [2.45, 2.75) is 25.9 Å². The second kappa shape index (κ2) is 3.84. The van der Waals surface area contributed by atoms with E-state index in [2.05, 4.69) is 16.9 Å². The number of rotatable bonds is 3. The van der Waals surface area contributed by atoms with E-state index in [1.165, 1.54) is 18.8 Å². The van der Waals surface area contributed by atoms with E-state index in [0.29, 0.717) is 11.8 Å². The fourth-order valence-corrected chi connectivity index (χ4v) is 1.45. The third-order valence-electron chi connectivity index (χ3n) is 2.66. The third kappa shape index (κ3) is 2.06. The first kappa shape index (κ1) is 9.89. The molecule has 0 bridgehead atoms. The van der Waals surface area contributed by atoms with E-state index in [1.807, 2.05) is 0 Å². The Morgan fingerprint density at radius 3 is 2.67 bits per heavy atom. The Labute approximate surface area is 87.1 Å². The summed E-state index contributed by atoms with van der Waals surface area (Å²) in [6.45, 7) is 2.12. The van der Waals surface area contributed by atoms with Crippen LogP contribution in [0.2, 0.25) is 0 Å². The molecule has 0 spiro atoms. The molecule has 0 amide bonds. The minimum absolute atomic E-state index is 0.0657. The van der Waals surface area contributed by atoms with E-state index < -0.39 is 5.97 Å². The van der Waals surface area contributed by atoms with Gasteiger partial charge in [0.05, 0.1) is 12.4 Å². The molecule has 1 aromatic rings. The van der Waals surface area contributed by atoms with Crippen LogP contribution in [0.1, 0.15) is 30.3 Å². The van der Waals surface area contributed by atoms with Gasteiger partial charge >= 0.3 is 5.97 Å². The summed E-state index contributed by atoms with van der Waals surface area (Å²) >= 11 is 0. The molecule has 0 aromatic carbocycles. The average molecular weight is 208 g/mol. The highest BCUT2D eigenvalue weighted by Gasteiger charge is 2.28. The lowest BCUT2D eigenvalue weighted by Crippen LogP contribution is -2.34. The predicted octanol–water partition coefficient (Wildman–Crippen LogP) is 1.35. The average Bonchev–Trinajstić information content (AvgIpc) is 2.24. The first-order valence-corrected chi connectivity index (χ1v) is 4.89. The molecule has 1 aliphatic carbocycles. The lowest BCUT2D eigenvalue weighted by atomic mass is 9.84. The summed E-state index contributed by atoms with van der Waals surface area (Å²) in [5, 5.41) is 8.61. The Kier molecular flexibility index (Phi) is 2.53. The van der Waals surface area contributed by atoms with Gasteiger partial charge in [0.25, 0.3) is 0 Å². The van der Waals surface area contributed by atoms with E-state index in [-0.39, 0.29) is 11.8 Å². The number of hydrogen-bond acceptors (Lipinski definition) is 4. The summed E-state index contributed by atoms with van der Waals surface area (Å²) in [7, 11) is 0. The van der Waals surface area contributed by atoms with Crippen LogP contribution in [0.4, 0.5) is 0 Å². The highest BCUT2D eigenvalue weighted by atomic mass is 16.5. The van der Waals surface area contributed by atoms with E-state index >= 15 is 0 Å². The lowest BCUT2D eigenvalue weighted by Gasteiger charge is -2.33. The van der Waals surface area contributed by atoms with Gasteiger partial charge in [-0.05, 0) is 18.8 Å². The molecule has 1 aromatic heterocycles. The minimum atomic E-state index is -1.08. The third-order valence-corrected chi connectivity index (χ3v) is 2.66. The molecule has 1 heterocycles. The van der Waals surface area contributed by atoms with Crippen molar-refractivity contribution in [1.29, 1.82) is 0 Å². The molecule has 0 radical (unpaired) electrons. The van der Waals surface area contributed by atoms with Crippen molar-refractivity contribution in [2.75, 3.05) is 0 Å². The summed E-state index contributed by atoms with van der Waals surface area (Å²) in [6, 6.07) is 0. The number of carboxylic acid groups (broad SMARTS) is 1. The minimum Gasteiger partial charge on any atom is -0.476 e. The molecular weight excluding hydrogens is 196 g/mol. The summed E-state index contributed by atoms with van der Waals surface area (Å²) in [5.74, 6) is -0.131. The SMILES string of the molecule is CC1CCC1Oc1cnc(C(=O)O)cn1. The van der Waals surface area contributed by atoms with Crippen molar-refractivity contribution in [2.24, 2.45) is 5.92 Å². The molecule has 0 aliphatic heterocycles. The Bertz CT molecular complexity index is 363. The summed E-state index contributed by atoms with van der Waals surface area (Å²) in [6.07, 6.45) is 4.97. The molecule has 5 nitrogen and oxygen atoms in total. The Morgan fingerprint density at radius 1 is 1.47 bits per heavy atom. The van der Waals surface area contributed by atoms with Crippen molar-refractivity contribution >= 4 is 5.97 Å². The van der Waals surface area contributed by atoms with Gasteiger partial charge < -0.3 is 9.84 Å². The second-order valence-electron chi connectivity index (χ2n) is 3.76. The molecule has 1 aliphatic rings. The van der Waals surface area contributed by atoms with Crippen molar-refractivity contribution in [3.63, 3.8) is 0 Å². The molecular formula is C10H12N2O3. The topological polar surface area (TPSA) is 72.3 Å². The first-order chi connectivity index (χ1) is 7.16. The number of nitrogens with zero attached hydrogens (tertiary/aromatic N) is 2. The number of hydrogen-bond donors (Lipinski definition) is 1.